The fourth-order valence-electron chi connectivity index (χ4n) is 2.59. The van der Waals surface area contributed by atoms with Gasteiger partial charge in [-0.3, -0.25) is 0 Å². The monoisotopic (exact) mass is 224 g/mol. The van der Waals surface area contributed by atoms with Crippen LogP contribution in [0.3, 0.4) is 0 Å². The molecule has 0 saturated heterocycles. The maximum Gasteiger partial charge on any atom is 0.242 e. The van der Waals surface area contributed by atoms with E-state index in [1.54, 1.807) is 0 Å². The van der Waals surface area contributed by atoms with Crippen molar-refractivity contribution in [2.24, 2.45) is 0 Å². The van der Waals surface area contributed by atoms with Crippen LogP contribution in [0.5, 0.6) is 0 Å². The second-order valence-electron chi connectivity index (χ2n) is 4.48. The molecule has 3 heteroatoms. The Morgan fingerprint density at radius 2 is 2.12 bits per heavy atom. The maximum absolute atomic E-state index is 8.80. The summed E-state index contributed by atoms with van der Waals surface area (Å²) in [7, 11) is 0. The van der Waals surface area contributed by atoms with Gasteiger partial charge < -0.3 is 0 Å². The summed E-state index contributed by atoms with van der Waals surface area (Å²) in [5.74, 6) is 0. The van der Waals surface area contributed by atoms with Gasteiger partial charge in [0.25, 0.3) is 0 Å². The summed E-state index contributed by atoms with van der Waals surface area (Å²) in [6, 6.07) is 10.5. The molecule has 1 aliphatic rings. The second kappa shape index (κ2) is 4.06. The number of aromatic nitrogens is 2. The Morgan fingerprint density at radius 3 is 2.88 bits per heavy atom. The van der Waals surface area contributed by atoms with Crippen LogP contribution < -0.4 is 4.57 Å². The van der Waals surface area contributed by atoms with Gasteiger partial charge in [-0.2, -0.15) is 5.26 Å². The van der Waals surface area contributed by atoms with E-state index in [1.807, 2.05) is 18.5 Å². The van der Waals surface area contributed by atoms with E-state index in [0.717, 1.165) is 12.0 Å². The third kappa shape index (κ3) is 1.72. The molecule has 0 spiro atoms. The van der Waals surface area contributed by atoms with Gasteiger partial charge in [0.15, 0.2) is 0 Å². The zero-order chi connectivity index (χ0) is 11.7. The number of hydrogen-bond donors (Lipinski definition) is 1. The van der Waals surface area contributed by atoms with E-state index in [0.29, 0.717) is 6.04 Å². The van der Waals surface area contributed by atoms with Gasteiger partial charge in [-0.25, -0.2) is 9.55 Å². The average molecular weight is 224 g/mol. The first-order valence-electron chi connectivity index (χ1n) is 5.95. The highest BCUT2D eigenvalue weighted by Crippen LogP contribution is 2.23. The van der Waals surface area contributed by atoms with Gasteiger partial charge in [0, 0.05) is 6.42 Å². The van der Waals surface area contributed by atoms with Crippen LogP contribution >= 0.6 is 0 Å². The van der Waals surface area contributed by atoms with Gasteiger partial charge in [0.2, 0.25) is 6.33 Å². The van der Waals surface area contributed by atoms with E-state index in [4.69, 9.17) is 5.26 Å². The fraction of sp³-hybridized carbons (Fsp3) is 0.286. The molecule has 0 radical (unpaired) electrons. The summed E-state index contributed by atoms with van der Waals surface area (Å²) in [5.41, 5.74) is 3.38. The Morgan fingerprint density at radius 1 is 1.29 bits per heavy atom. The van der Waals surface area contributed by atoms with Crippen LogP contribution in [0.4, 0.5) is 0 Å². The molecule has 3 rings (SSSR count). The van der Waals surface area contributed by atoms with E-state index in [-0.39, 0.29) is 0 Å². The molecule has 1 atom stereocenters. The predicted octanol–water partition coefficient (Wildman–Crippen LogP) is 2.10. The molecular formula is C14H14N3+. The number of benzene rings is 1. The Kier molecular flexibility index (Phi) is 2.41. The van der Waals surface area contributed by atoms with Crippen molar-refractivity contribution in [3.8, 4) is 6.07 Å². The number of rotatable bonds is 1. The zero-order valence-electron chi connectivity index (χ0n) is 9.56. The van der Waals surface area contributed by atoms with Crippen LogP contribution in [0.25, 0.3) is 0 Å². The summed E-state index contributed by atoms with van der Waals surface area (Å²) in [6.45, 7) is 0. The minimum absolute atomic E-state index is 0.415. The van der Waals surface area contributed by atoms with Crippen LogP contribution in [-0.2, 0) is 6.42 Å². The van der Waals surface area contributed by atoms with E-state index >= 15 is 0 Å². The lowest BCUT2D eigenvalue weighted by atomic mass is 9.96. The maximum atomic E-state index is 8.80. The SMILES string of the molecule is N#Cc1ccc(C2CCCc3c[nH]c[n+]32)cc1. The molecule has 1 unspecified atom stereocenters. The van der Waals surface area contributed by atoms with Gasteiger partial charge in [-0.05, 0) is 30.5 Å². The van der Waals surface area contributed by atoms with E-state index in [1.165, 1.54) is 24.1 Å². The number of aromatic amines is 1. The lowest BCUT2D eigenvalue weighted by molar-refractivity contribution is -0.724. The molecule has 1 aliphatic heterocycles. The van der Waals surface area contributed by atoms with Crippen LogP contribution in [0.2, 0.25) is 0 Å². The highest BCUT2D eigenvalue weighted by Gasteiger charge is 2.26. The zero-order valence-corrected chi connectivity index (χ0v) is 9.56. The lowest BCUT2D eigenvalue weighted by Gasteiger charge is -2.20. The van der Waals surface area contributed by atoms with E-state index in [9.17, 15) is 0 Å². The van der Waals surface area contributed by atoms with Crippen molar-refractivity contribution in [1.82, 2.24) is 4.98 Å². The molecule has 17 heavy (non-hydrogen) atoms. The van der Waals surface area contributed by atoms with Gasteiger partial charge in [-0.15, -0.1) is 0 Å². The number of nitriles is 1. The van der Waals surface area contributed by atoms with Crippen LogP contribution in [0.15, 0.2) is 36.8 Å². The van der Waals surface area contributed by atoms with Crippen molar-refractivity contribution in [2.45, 2.75) is 25.3 Å². The molecule has 0 bridgehead atoms. The number of imidazole rings is 1. The van der Waals surface area contributed by atoms with Crippen molar-refractivity contribution in [3.05, 3.63) is 53.6 Å². The molecule has 0 fully saturated rings. The number of H-pyrrole nitrogens is 1. The number of hydrogen-bond acceptors (Lipinski definition) is 1. The first kappa shape index (κ1) is 10.1. The summed E-state index contributed by atoms with van der Waals surface area (Å²) in [4.78, 5) is 3.17. The number of fused-ring (bicyclic) bond motifs is 1. The standard InChI is InChI=1S/C14H13N3/c15-8-11-4-6-12(7-5-11)14-3-1-2-13-9-16-10-17(13)14/h4-7,9-10,14H,1-3H2/p+1. The summed E-state index contributed by atoms with van der Waals surface area (Å²) in [5, 5.41) is 8.80. The number of nitrogens with zero attached hydrogens (tertiary/aromatic N) is 2. The van der Waals surface area contributed by atoms with Crippen molar-refractivity contribution >= 4 is 0 Å². The molecule has 0 saturated carbocycles. The predicted molar refractivity (Wildman–Crippen MR) is 63.2 cm³/mol. The highest BCUT2D eigenvalue weighted by atomic mass is 15.1. The normalized spacial score (nSPS) is 18.4. The van der Waals surface area contributed by atoms with Crippen LogP contribution in [0.1, 0.15) is 35.7 Å². The lowest BCUT2D eigenvalue weighted by Crippen LogP contribution is -2.44. The molecule has 2 heterocycles. The van der Waals surface area contributed by atoms with E-state index < -0.39 is 0 Å². The first-order valence-corrected chi connectivity index (χ1v) is 5.95. The van der Waals surface area contributed by atoms with Crippen molar-refractivity contribution in [2.75, 3.05) is 0 Å². The quantitative estimate of drug-likeness (QED) is 0.741. The number of nitrogens with one attached hydrogen (secondary N) is 1. The van der Waals surface area contributed by atoms with Gasteiger partial charge >= 0.3 is 0 Å². The number of aryl methyl sites for hydroxylation is 1. The molecule has 3 nitrogen and oxygen atoms in total. The van der Waals surface area contributed by atoms with Crippen LogP contribution in [-0.4, -0.2) is 4.98 Å². The fourth-order valence-corrected chi connectivity index (χ4v) is 2.59. The third-order valence-electron chi connectivity index (χ3n) is 3.47. The summed E-state index contributed by atoms with van der Waals surface area (Å²) >= 11 is 0. The molecule has 0 aliphatic carbocycles. The smallest absolute Gasteiger partial charge is 0.242 e. The molecule has 2 aromatic rings. The Labute approximate surface area is 100 Å². The summed E-state index contributed by atoms with van der Waals surface area (Å²) in [6.07, 6.45) is 7.66. The first-order chi connectivity index (χ1) is 8.38. The Balaban J connectivity index is 1.98. The minimum Gasteiger partial charge on any atom is -0.250 e. The van der Waals surface area contributed by atoms with Crippen molar-refractivity contribution < 1.29 is 4.57 Å². The summed E-state index contributed by atoms with van der Waals surface area (Å²) < 4.78 is 2.31. The molecule has 1 aromatic carbocycles. The molecule has 84 valence electrons. The third-order valence-corrected chi connectivity index (χ3v) is 3.47. The average Bonchev–Trinajstić information content (AvgIpc) is 2.87. The highest BCUT2D eigenvalue weighted by molar-refractivity contribution is 5.32. The van der Waals surface area contributed by atoms with Crippen molar-refractivity contribution in [1.29, 1.82) is 5.26 Å². The Hall–Kier alpha value is -2.08. The molecule has 0 amide bonds. The van der Waals surface area contributed by atoms with Gasteiger partial charge in [-0.1, -0.05) is 12.1 Å². The van der Waals surface area contributed by atoms with E-state index in [2.05, 4.69) is 33.9 Å². The van der Waals surface area contributed by atoms with Gasteiger partial charge in [0.1, 0.15) is 17.9 Å². The second-order valence-corrected chi connectivity index (χ2v) is 4.48. The Bertz CT molecular complexity index is 560. The van der Waals surface area contributed by atoms with Crippen molar-refractivity contribution in [3.63, 3.8) is 0 Å². The minimum atomic E-state index is 0.415. The van der Waals surface area contributed by atoms with Gasteiger partial charge in [0.05, 0.1) is 11.6 Å². The topological polar surface area (TPSA) is 43.5 Å². The van der Waals surface area contributed by atoms with Crippen LogP contribution in [0, 0.1) is 11.3 Å². The molecule has 1 aromatic heterocycles. The molecular weight excluding hydrogens is 210 g/mol. The molecule has 1 N–H and O–H groups in total. The largest absolute Gasteiger partial charge is 0.250 e.